The highest BCUT2D eigenvalue weighted by molar-refractivity contribution is 6.00. The van der Waals surface area contributed by atoms with Crippen molar-refractivity contribution in [3.63, 3.8) is 0 Å². The molecule has 0 unspecified atom stereocenters. The van der Waals surface area contributed by atoms with E-state index in [1.807, 2.05) is 5.32 Å². The van der Waals surface area contributed by atoms with Gasteiger partial charge in [0.15, 0.2) is 11.5 Å². The molecule has 2 aromatic heterocycles. The molecule has 1 atom stereocenters. The summed E-state index contributed by atoms with van der Waals surface area (Å²) in [6.07, 6.45) is -8.27. The molecular weight excluding hydrogens is 687 g/mol. The van der Waals surface area contributed by atoms with Gasteiger partial charge in [-0.25, -0.2) is 9.67 Å². The van der Waals surface area contributed by atoms with Gasteiger partial charge in [-0.1, -0.05) is 0 Å². The number of halogens is 7. The van der Waals surface area contributed by atoms with Crippen molar-refractivity contribution in [2.75, 3.05) is 13.2 Å². The topological polar surface area (TPSA) is 160 Å². The highest BCUT2D eigenvalue weighted by atomic mass is 19.4. The molecule has 0 bridgehead atoms. The monoisotopic (exact) mass is 713 g/mol. The Morgan fingerprint density at radius 2 is 1.86 bits per heavy atom. The van der Waals surface area contributed by atoms with Gasteiger partial charge in [0.25, 0.3) is 5.91 Å². The first-order chi connectivity index (χ1) is 23.5. The molecule has 2 aliphatic rings. The van der Waals surface area contributed by atoms with E-state index in [0.717, 1.165) is 42.6 Å². The van der Waals surface area contributed by atoms with Gasteiger partial charge in [0.2, 0.25) is 11.5 Å². The fourth-order valence-electron chi connectivity index (χ4n) is 5.17. The number of nitrogens with zero attached hydrogens (tertiary/aromatic N) is 3. The van der Waals surface area contributed by atoms with E-state index in [0.29, 0.717) is 17.5 Å². The molecule has 2 amide bonds. The van der Waals surface area contributed by atoms with E-state index in [1.165, 1.54) is 6.92 Å². The Kier molecular flexibility index (Phi) is 8.65. The van der Waals surface area contributed by atoms with Crippen molar-refractivity contribution in [2.45, 2.75) is 56.9 Å². The molecule has 6 rings (SSSR count). The molecule has 3 heterocycles. The van der Waals surface area contributed by atoms with Crippen LogP contribution in [0.5, 0.6) is 23.0 Å². The Labute approximate surface area is 276 Å². The molecule has 2 aromatic carbocycles. The minimum Gasteiger partial charge on any atom is -0.491 e. The molecule has 1 fully saturated rings. The predicted molar refractivity (Wildman–Crippen MR) is 157 cm³/mol. The molecule has 0 radical (unpaired) electrons. The number of benzene rings is 2. The number of carbonyl (C=O) groups is 2. The van der Waals surface area contributed by atoms with Gasteiger partial charge in [-0.2, -0.15) is 27.1 Å². The van der Waals surface area contributed by atoms with Crippen LogP contribution >= 0.6 is 0 Å². The standard InChI is InChI=1S/C31H26F7N5O7/c1-2-47-26-15(11-23(39)44)10-22(41-25(26)14-3-6-19-20(8-14)50-31(37,38)49-19)29(46,30(34,35)36)13-40-27(45)16-7-17-12-43(28(32)33)42-24(17)21(9-16)48-18-4-5-18/h3,6-10,12,18,28,46H,2,4-5,11,13H2,1H3,(H2,39,44)(H,40,45)/t29-/m0/s1. The van der Waals surface area contributed by atoms with Gasteiger partial charge in [-0.15, -0.1) is 8.78 Å². The zero-order valence-electron chi connectivity index (χ0n) is 25.7. The number of rotatable bonds is 12. The number of nitrogens with one attached hydrogen (secondary N) is 1. The lowest BCUT2D eigenvalue weighted by molar-refractivity contribution is -0.286. The van der Waals surface area contributed by atoms with Crippen molar-refractivity contribution in [3.8, 4) is 34.3 Å². The smallest absolute Gasteiger partial charge is 0.491 e. The summed E-state index contributed by atoms with van der Waals surface area (Å²) in [6, 6.07) is 6.17. The van der Waals surface area contributed by atoms with Crippen molar-refractivity contribution in [3.05, 3.63) is 59.4 Å². The van der Waals surface area contributed by atoms with E-state index in [-0.39, 0.29) is 57.6 Å². The maximum absolute atomic E-state index is 14.8. The number of aliphatic hydroxyl groups is 1. The quantitative estimate of drug-likeness (QED) is 0.173. The summed E-state index contributed by atoms with van der Waals surface area (Å²) in [5.74, 6) is -3.31. The van der Waals surface area contributed by atoms with Crippen LogP contribution in [0.25, 0.3) is 22.2 Å². The SMILES string of the molecule is CCOc1c(CC(N)=O)cc([C@@](O)(CNC(=O)c2cc(OC3CC3)c3nn(C(F)F)cc3c2)C(F)(F)F)nc1-c1ccc2c(c1)OC(F)(F)O2. The van der Waals surface area contributed by atoms with Gasteiger partial charge in [0.05, 0.1) is 31.4 Å². The fourth-order valence-corrected chi connectivity index (χ4v) is 5.17. The van der Waals surface area contributed by atoms with Crippen LogP contribution in [-0.2, 0) is 16.8 Å². The number of primary amides is 1. The first-order valence-corrected chi connectivity index (χ1v) is 14.9. The number of ether oxygens (including phenoxy) is 4. The van der Waals surface area contributed by atoms with Crippen LogP contribution in [-0.4, -0.2) is 63.4 Å². The number of hydrogen-bond donors (Lipinski definition) is 3. The third-order valence-electron chi connectivity index (χ3n) is 7.65. The predicted octanol–water partition coefficient (Wildman–Crippen LogP) is 4.96. The summed E-state index contributed by atoms with van der Waals surface area (Å²) >= 11 is 0. The molecule has 1 aliphatic heterocycles. The number of pyridine rings is 1. The van der Waals surface area contributed by atoms with Gasteiger partial charge in [0, 0.05) is 28.3 Å². The zero-order chi connectivity index (χ0) is 36.2. The van der Waals surface area contributed by atoms with Gasteiger partial charge in [-0.05, 0) is 56.2 Å². The molecular formula is C31H26F7N5O7. The summed E-state index contributed by atoms with van der Waals surface area (Å²) < 4.78 is 119. The van der Waals surface area contributed by atoms with Crippen LogP contribution in [0.3, 0.4) is 0 Å². The average molecular weight is 714 g/mol. The van der Waals surface area contributed by atoms with E-state index in [2.05, 4.69) is 19.6 Å². The Morgan fingerprint density at radius 1 is 1.14 bits per heavy atom. The van der Waals surface area contributed by atoms with Crippen LogP contribution in [0.1, 0.15) is 47.9 Å². The van der Waals surface area contributed by atoms with Gasteiger partial charge >= 0.3 is 19.0 Å². The van der Waals surface area contributed by atoms with E-state index < -0.39 is 66.5 Å². The molecule has 1 aliphatic carbocycles. The number of carbonyl (C=O) groups excluding carboxylic acids is 2. The third kappa shape index (κ3) is 6.76. The van der Waals surface area contributed by atoms with Crippen LogP contribution < -0.4 is 30.0 Å². The number of hydrogen-bond acceptors (Lipinski definition) is 9. The largest absolute Gasteiger partial charge is 0.586 e. The van der Waals surface area contributed by atoms with Crippen molar-refractivity contribution in [1.82, 2.24) is 20.1 Å². The Hall–Kier alpha value is -5.33. The van der Waals surface area contributed by atoms with E-state index >= 15 is 0 Å². The maximum Gasteiger partial charge on any atom is 0.586 e. The Morgan fingerprint density at radius 3 is 2.50 bits per heavy atom. The van der Waals surface area contributed by atoms with Crippen molar-refractivity contribution >= 4 is 22.7 Å². The van der Waals surface area contributed by atoms with Crippen molar-refractivity contribution in [1.29, 1.82) is 0 Å². The highest BCUT2D eigenvalue weighted by Crippen LogP contribution is 2.46. The van der Waals surface area contributed by atoms with Gasteiger partial charge < -0.3 is 35.1 Å². The fraction of sp³-hybridized carbons (Fsp3) is 0.355. The Bertz CT molecular complexity index is 1980. The number of fused-ring (bicyclic) bond motifs is 2. The molecule has 1 saturated carbocycles. The van der Waals surface area contributed by atoms with Crippen molar-refractivity contribution < 1.29 is 64.4 Å². The van der Waals surface area contributed by atoms with Crippen LogP contribution in [0, 0.1) is 0 Å². The first-order valence-electron chi connectivity index (χ1n) is 14.9. The summed E-state index contributed by atoms with van der Waals surface area (Å²) in [5.41, 5.74) is -0.781. The first kappa shape index (κ1) is 34.5. The minimum atomic E-state index is -5.53. The molecule has 50 heavy (non-hydrogen) atoms. The summed E-state index contributed by atoms with van der Waals surface area (Å²) in [6.45, 7) is -3.13. The zero-order valence-corrected chi connectivity index (χ0v) is 25.7. The normalized spacial score (nSPS) is 16.4. The summed E-state index contributed by atoms with van der Waals surface area (Å²) in [5, 5.41) is 17.1. The molecule has 4 aromatic rings. The number of aromatic nitrogens is 3. The van der Waals surface area contributed by atoms with E-state index in [1.54, 1.807) is 0 Å². The highest BCUT2D eigenvalue weighted by Gasteiger charge is 2.57. The average Bonchev–Trinajstić information content (AvgIpc) is 3.63. The van der Waals surface area contributed by atoms with E-state index in [9.17, 15) is 45.4 Å². The lowest BCUT2D eigenvalue weighted by atomic mass is 9.93. The molecule has 0 saturated heterocycles. The lowest BCUT2D eigenvalue weighted by Gasteiger charge is -2.31. The molecule has 0 spiro atoms. The number of nitrogens with two attached hydrogens (primary N) is 1. The summed E-state index contributed by atoms with van der Waals surface area (Å²) in [4.78, 5) is 29.3. The van der Waals surface area contributed by atoms with Gasteiger partial charge in [-0.3, -0.25) is 9.59 Å². The van der Waals surface area contributed by atoms with Gasteiger partial charge in [0.1, 0.15) is 22.7 Å². The minimum absolute atomic E-state index is 0.000815. The number of alkyl halides is 7. The second-order valence-corrected chi connectivity index (χ2v) is 11.4. The second kappa shape index (κ2) is 12.5. The van der Waals surface area contributed by atoms with Crippen LogP contribution in [0.2, 0.25) is 0 Å². The van der Waals surface area contributed by atoms with Crippen LogP contribution in [0.4, 0.5) is 30.7 Å². The lowest BCUT2D eigenvalue weighted by Crippen LogP contribution is -2.51. The third-order valence-corrected chi connectivity index (χ3v) is 7.65. The molecule has 4 N–H and O–H groups in total. The van der Waals surface area contributed by atoms with E-state index in [4.69, 9.17) is 15.2 Å². The van der Waals surface area contributed by atoms with Crippen molar-refractivity contribution in [2.24, 2.45) is 5.73 Å². The second-order valence-electron chi connectivity index (χ2n) is 11.4. The van der Waals surface area contributed by atoms with Crippen LogP contribution in [0.15, 0.2) is 42.6 Å². The molecule has 19 heteroatoms. The number of amides is 2. The maximum atomic E-state index is 14.8. The Balaban J connectivity index is 1.40. The summed E-state index contributed by atoms with van der Waals surface area (Å²) in [7, 11) is 0. The molecule has 266 valence electrons. The molecule has 12 nitrogen and oxygen atoms in total.